The first kappa shape index (κ1) is 12.6. The molecule has 0 aromatic heterocycles. The second-order valence-electron chi connectivity index (χ2n) is 5.87. The lowest BCUT2D eigenvalue weighted by atomic mass is 9.92. The summed E-state index contributed by atoms with van der Waals surface area (Å²) in [5, 5.41) is 0. The summed E-state index contributed by atoms with van der Waals surface area (Å²) in [4.78, 5) is 2.57. The van der Waals surface area contributed by atoms with E-state index in [0.29, 0.717) is 5.41 Å². The Kier molecular flexibility index (Phi) is 3.88. The normalized spacial score (nSPS) is 19.3. The fraction of sp³-hybridized carbons (Fsp3) is 0.625. The third-order valence-corrected chi connectivity index (χ3v) is 4.46. The van der Waals surface area contributed by atoms with Crippen LogP contribution in [0, 0.1) is 11.3 Å². The lowest BCUT2D eigenvalue weighted by Crippen LogP contribution is -2.31. The Morgan fingerprint density at radius 1 is 1.24 bits per heavy atom. The van der Waals surface area contributed by atoms with Crippen molar-refractivity contribution in [3.63, 3.8) is 0 Å². The van der Waals surface area contributed by atoms with Crippen LogP contribution in [0.15, 0.2) is 30.3 Å². The minimum absolute atomic E-state index is 0.643. The highest BCUT2D eigenvalue weighted by Crippen LogP contribution is 2.51. The summed E-state index contributed by atoms with van der Waals surface area (Å²) in [5.41, 5.74) is 2.08. The molecule has 1 nitrogen and oxygen atoms in total. The third-order valence-electron chi connectivity index (χ3n) is 4.46. The predicted molar refractivity (Wildman–Crippen MR) is 73.9 cm³/mol. The summed E-state index contributed by atoms with van der Waals surface area (Å²) in [6, 6.07) is 10.8. The third kappa shape index (κ3) is 3.32. The lowest BCUT2D eigenvalue weighted by Gasteiger charge is -2.28. The molecule has 0 heterocycles. The minimum atomic E-state index is 0.643. The Morgan fingerprint density at radius 2 is 1.88 bits per heavy atom. The fourth-order valence-electron chi connectivity index (χ4n) is 2.44. The summed E-state index contributed by atoms with van der Waals surface area (Å²) in [5.74, 6) is 0.825. The Labute approximate surface area is 106 Å². The number of rotatable bonds is 6. The first-order chi connectivity index (χ1) is 8.14. The standard InChI is InChI=1S/C16H25N/c1-4-17(12-14(2)16(3)10-11-16)13-15-8-6-5-7-9-15/h5-9,14H,4,10-13H2,1-3H3. The molecule has 1 unspecified atom stereocenters. The molecule has 0 aliphatic heterocycles. The maximum absolute atomic E-state index is 2.57. The van der Waals surface area contributed by atoms with Crippen molar-refractivity contribution >= 4 is 0 Å². The van der Waals surface area contributed by atoms with Crippen LogP contribution in [0.4, 0.5) is 0 Å². The number of benzene rings is 1. The fourth-order valence-corrected chi connectivity index (χ4v) is 2.44. The molecule has 1 aromatic carbocycles. The maximum atomic E-state index is 2.57. The summed E-state index contributed by atoms with van der Waals surface area (Å²) in [6.07, 6.45) is 2.86. The van der Waals surface area contributed by atoms with Gasteiger partial charge in [-0.25, -0.2) is 0 Å². The van der Waals surface area contributed by atoms with Crippen molar-refractivity contribution in [2.24, 2.45) is 11.3 Å². The Morgan fingerprint density at radius 3 is 2.41 bits per heavy atom. The predicted octanol–water partition coefficient (Wildman–Crippen LogP) is 3.94. The van der Waals surface area contributed by atoms with Crippen molar-refractivity contribution in [1.29, 1.82) is 0 Å². The van der Waals surface area contributed by atoms with Gasteiger partial charge in [0.05, 0.1) is 0 Å². The number of hydrogen-bond acceptors (Lipinski definition) is 1. The van der Waals surface area contributed by atoms with Gasteiger partial charge in [0.25, 0.3) is 0 Å². The number of hydrogen-bond donors (Lipinski definition) is 0. The molecular weight excluding hydrogens is 206 g/mol. The Hall–Kier alpha value is -0.820. The summed E-state index contributed by atoms with van der Waals surface area (Å²) >= 11 is 0. The van der Waals surface area contributed by atoms with E-state index in [1.807, 2.05) is 0 Å². The van der Waals surface area contributed by atoms with Crippen molar-refractivity contribution in [2.75, 3.05) is 13.1 Å². The van der Waals surface area contributed by atoms with Gasteiger partial charge in [0.2, 0.25) is 0 Å². The second-order valence-corrected chi connectivity index (χ2v) is 5.87. The van der Waals surface area contributed by atoms with Gasteiger partial charge >= 0.3 is 0 Å². The van der Waals surface area contributed by atoms with Crippen molar-refractivity contribution in [2.45, 2.75) is 40.2 Å². The van der Waals surface area contributed by atoms with Gasteiger partial charge in [0.15, 0.2) is 0 Å². The van der Waals surface area contributed by atoms with Crippen LogP contribution in [0.25, 0.3) is 0 Å². The monoisotopic (exact) mass is 231 g/mol. The van der Waals surface area contributed by atoms with Crippen molar-refractivity contribution in [1.82, 2.24) is 4.90 Å². The van der Waals surface area contributed by atoms with Crippen LogP contribution in [0.1, 0.15) is 39.2 Å². The van der Waals surface area contributed by atoms with Crippen LogP contribution >= 0.6 is 0 Å². The highest BCUT2D eigenvalue weighted by molar-refractivity contribution is 5.14. The van der Waals surface area contributed by atoms with Crippen molar-refractivity contribution < 1.29 is 0 Å². The van der Waals surface area contributed by atoms with E-state index in [0.717, 1.165) is 19.0 Å². The highest BCUT2D eigenvalue weighted by Gasteiger charge is 2.42. The van der Waals surface area contributed by atoms with E-state index in [4.69, 9.17) is 0 Å². The van der Waals surface area contributed by atoms with Gasteiger partial charge in [0, 0.05) is 13.1 Å². The summed E-state index contributed by atoms with van der Waals surface area (Å²) in [7, 11) is 0. The maximum Gasteiger partial charge on any atom is 0.0233 e. The van der Waals surface area contributed by atoms with Crippen LogP contribution < -0.4 is 0 Å². The van der Waals surface area contributed by atoms with Crippen LogP contribution in [0.5, 0.6) is 0 Å². The average molecular weight is 231 g/mol. The van der Waals surface area contributed by atoms with Gasteiger partial charge < -0.3 is 0 Å². The highest BCUT2D eigenvalue weighted by atomic mass is 15.1. The molecule has 1 aliphatic carbocycles. The van der Waals surface area contributed by atoms with Gasteiger partial charge in [-0.05, 0) is 36.3 Å². The zero-order valence-electron chi connectivity index (χ0n) is 11.4. The smallest absolute Gasteiger partial charge is 0.0233 e. The van der Waals surface area contributed by atoms with Crippen LogP contribution in [-0.4, -0.2) is 18.0 Å². The molecule has 17 heavy (non-hydrogen) atoms. The van der Waals surface area contributed by atoms with E-state index < -0.39 is 0 Å². The summed E-state index contributed by atoms with van der Waals surface area (Å²) in [6.45, 7) is 10.6. The molecule has 1 fully saturated rings. The first-order valence-corrected chi connectivity index (χ1v) is 6.90. The molecule has 0 spiro atoms. The molecule has 0 radical (unpaired) electrons. The van der Waals surface area contributed by atoms with Gasteiger partial charge in [0.1, 0.15) is 0 Å². The molecule has 0 N–H and O–H groups in total. The molecule has 0 bridgehead atoms. The Balaban J connectivity index is 1.88. The quantitative estimate of drug-likeness (QED) is 0.716. The van der Waals surface area contributed by atoms with Crippen LogP contribution in [0.3, 0.4) is 0 Å². The largest absolute Gasteiger partial charge is 0.299 e. The van der Waals surface area contributed by atoms with Gasteiger partial charge in [-0.15, -0.1) is 0 Å². The zero-order chi connectivity index (χ0) is 12.3. The molecule has 1 saturated carbocycles. The minimum Gasteiger partial charge on any atom is -0.299 e. The molecule has 0 saturated heterocycles. The van der Waals surface area contributed by atoms with Gasteiger partial charge in [-0.3, -0.25) is 4.90 Å². The van der Waals surface area contributed by atoms with Crippen molar-refractivity contribution in [3.05, 3.63) is 35.9 Å². The summed E-state index contributed by atoms with van der Waals surface area (Å²) < 4.78 is 0. The molecule has 1 aliphatic rings. The van der Waals surface area contributed by atoms with Crippen molar-refractivity contribution in [3.8, 4) is 0 Å². The van der Waals surface area contributed by atoms with E-state index in [2.05, 4.69) is 56.0 Å². The molecule has 94 valence electrons. The first-order valence-electron chi connectivity index (χ1n) is 6.90. The zero-order valence-corrected chi connectivity index (χ0v) is 11.4. The second kappa shape index (κ2) is 5.22. The van der Waals surface area contributed by atoms with E-state index in [9.17, 15) is 0 Å². The number of nitrogens with zero attached hydrogens (tertiary/aromatic N) is 1. The van der Waals surface area contributed by atoms with E-state index >= 15 is 0 Å². The van der Waals surface area contributed by atoms with E-state index in [-0.39, 0.29) is 0 Å². The molecule has 1 heteroatoms. The SMILES string of the molecule is CCN(Cc1ccccc1)CC(C)C1(C)CC1. The van der Waals surface area contributed by atoms with Gasteiger partial charge in [-0.1, -0.05) is 51.1 Å². The van der Waals surface area contributed by atoms with Crippen LogP contribution in [-0.2, 0) is 6.54 Å². The molecule has 2 rings (SSSR count). The average Bonchev–Trinajstić information content (AvgIpc) is 3.09. The van der Waals surface area contributed by atoms with Gasteiger partial charge in [-0.2, -0.15) is 0 Å². The topological polar surface area (TPSA) is 3.24 Å². The molecular formula is C16H25N. The molecule has 1 aromatic rings. The lowest BCUT2D eigenvalue weighted by molar-refractivity contribution is 0.198. The van der Waals surface area contributed by atoms with E-state index in [1.165, 1.54) is 24.9 Å². The molecule has 0 amide bonds. The van der Waals surface area contributed by atoms with Crippen LogP contribution in [0.2, 0.25) is 0 Å². The van der Waals surface area contributed by atoms with E-state index in [1.54, 1.807) is 0 Å². The molecule has 1 atom stereocenters. The Bertz CT molecular complexity index is 340.